The highest BCUT2D eigenvalue weighted by Gasteiger charge is 1.97. The molecule has 0 nitrogen and oxygen atoms in total. The van der Waals surface area contributed by atoms with Gasteiger partial charge in [0.15, 0.2) is 0 Å². The van der Waals surface area contributed by atoms with Crippen molar-refractivity contribution in [2.75, 3.05) is 11.5 Å². The Labute approximate surface area is 144 Å². The Kier molecular flexibility index (Phi) is 7.96. The summed E-state index contributed by atoms with van der Waals surface area (Å²) in [6, 6.07) is 18.0. The fraction of sp³-hybridized carbons (Fsp3) is 0.400. The Balaban J connectivity index is 1.58. The molecule has 22 heavy (non-hydrogen) atoms. The molecule has 0 aliphatic carbocycles. The molecule has 0 aromatic heterocycles. The van der Waals surface area contributed by atoms with Crippen molar-refractivity contribution >= 4 is 23.5 Å². The second kappa shape index (κ2) is 10.0. The van der Waals surface area contributed by atoms with Gasteiger partial charge in [0.2, 0.25) is 0 Å². The maximum absolute atomic E-state index is 2.26. The number of hydrogen-bond donors (Lipinski definition) is 0. The van der Waals surface area contributed by atoms with E-state index in [4.69, 9.17) is 0 Å². The molecule has 0 fully saturated rings. The third kappa shape index (κ3) is 6.10. The van der Waals surface area contributed by atoms with E-state index < -0.39 is 0 Å². The van der Waals surface area contributed by atoms with Gasteiger partial charge in [-0.1, -0.05) is 38.1 Å². The van der Waals surface area contributed by atoms with Crippen LogP contribution in [0.1, 0.15) is 37.8 Å². The van der Waals surface area contributed by atoms with Gasteiger partial charge in [0.25, 0.3) is 0 Å². The van der Waals surface area contributed by atoms with E-state index in [1.54, 1.807) is 0 Å². The zero-order valence-electron chi connectivity index (χ0n) is 13.7. The standard InChI is InChI=1S/C20H26S2/c1-3-17-7-11-19(12-8-17)21-15-5-6-16-22-20-13-9-18(4-2)10-14-20/h7-14H,3-6,15-16H2,1-2H3. The minimum absolute atomic E-state index is 1.13. The van der Waals surface area contributed by atoms with Crippen LogP contribution in [0.25, 0.3) is 0 Å². The number of unbranched alkanes of at least 4 members (excludes halogenated alkanes) is 1. The lowest BCUT2D eigenvalue weighted by Crippen LogP contribution is -1.86. The zero-order chi connectivity index (χ0) is 15.6. The predicted octanol–water partition coefficient (Wildman–Crippen LogP) is 6.48. The van der Waals surface area contributed by atoms with Crippen molar-refractivity contribution in [3.8, 4) is 0 Å². The Morgan fingerprint density at radius 2 is 0.955 bits per heavy atom. The molecular weight excluding hydrogens is 304 g/mol. The maximum atomic E-state index is 2.26. The molecule has 2 aromatic rings. The van der Waals surface area contributed by atoms with E-state index in [-0.39, 0.29) is 0 Å². The lowest BCUT2D eigenvalue weighted by molar-refractivity contribution is 0.906. The first-order valence-electron chi connectivity index (χ1n) is 8.25. The number of aryl methyl sites for hydroxylation is 2. The van der Waals surface area contributed by atoms with Crippen LogP contribution in [0.15, 0.2) is 58.3 Å². The molecular formula is C20H26S2. The van der Waals surface area contributed by atoms with Gasteiger partial charge in [-0.05, 0) is 72.6 Å². The molecule has 0 N–H and O–H groups in total. The number of hydrogen-bond acceptors (Lipinski definition) is 2. The SMILES string of the molecule is CCc1ccc(SCCCCSc2ccc(CC)cc2)cc1. The van der Waals surface area contributed by atoms with Gasteiger partial charge in [-0.25, -0.2) is 0 Å². The molecule has 0 aliphatic rings. The Morgan fingerprint density at radius 3 is 1.27 bits per heavy atom. The van der Waals surface area contributed by atoms with Crippen molar-refractivity contribution in [3.05, 3.63) is 59.7 Å². The normalized spacial score (nSPS) is 10.8. The average Bonchev–Trinajstić information content (AvgIpc) is 2.59. The molecule has 0 spiro atoms. The first kappa shape index (κ1) is 17.5. The van der Waals surface area contributed by atoms with Crippen molar-refractivity contribution in [1.82, 2.24) is 0 Å². The molecule has 0 unspecified atom stereocenters. The number of rotatable bonds is 9. The third-order valence-electron chi connectivity index (χ3n) is 3.74. The van der Waals surface area contributed by atoms with E-state index in [0.29, 0.717) is 0 Å². The molecule has 0 atom stereocenters. The van der Waals surface area contributed by atoms with Crippen molar-refractivity contribution in [2.45, 2.75) is 49.3 Å². The fourth-order valence-electron chi connectivity index (χ4n) is 2.23. The summed E-state index contributed by atoms with van der Waals surface area (Å²) >= 11 is 3.96. The minimum Gasteiger partial charge on any atom is -0.126 e. The fourth-order valence-corrected chi connectivity index (χ4v) is 4.05. The highest BCUT2D eigenvalue weighted by atomic mass is 32.2. The van der Waals surface area contributed by atoms with Crippen LogP contribution in [0.4, 0.5) is 0 Å². The van der Waals surface area contributed by atoms with Crippen LogP contribution < -0.4 is 0 Å². The van der Waals surface area contributed by atoms with Crippen LogP contribution in [0, 0.1) is 0 Å². The van der Waals surface area contributed by atoms with Gasteiger partial charge in [0.05, 0.1) is 0 Å². The Bertz CT molecular complexity index is 477. The van der Waals surface area contributed by atoms with E-state index in [0.717, 1.165) is 12.8 Å². The van der Waals surface area contributed by atoms with Crippen molar-refractivity contribution < 1.29 is 0 Å². The number of thioether (sulfide) groups is 2. The Hall–Kier alpha value is -0.860. The summed E-state index contributed by atoms with van der Waals surface area (Å²) in [4.78, 5) is 2.81. The molecule has 0 radical (unpaired) electrons. The third-order valence-corrected chi connectivity index (χ3v) is 5.94. The highest BCUT2D eigenvalue weighted by molar-refractivity contribution is 7.99. The summed E-state index contributed by atoms with van der Waals surface area (Å²) < 4.78 is 0. The minimum atomic E-state index is 1.13. The largest absolute Gasteiger partial charge is 0.126 e. The molecule has 2 aromatic carbocycles. The first-order valence-corrected chi connectivity index (χ1v) is 10.2. The second-order valence-electron chi connectivity index (χ2n) is 5.40. The molecule has 0 amide bonds. The van der Waals surface area contributed by atoms with Crippen molar-refractivity contribution in [2.24, 2.45) is 0 Å². The van der Waals surface area contributed by atoms with Crippen LogP contribution in [0.2, 0.25) is 0 Å². The summed E-state index contributed by atoms with van der Waals surface area (Å²) in [6.07, 6.45) is 4.84. The molecule has 0 aliphatic heterocycles. The maximum Gasteiger partial charge on any atom is 0.00721 e. The second-order valence-corrected chi connectivity index (χ2v) is 7.74. The summed E-state index contributed by atoms with van der Waals surface area (Å²) in [5, 5.41) is 0. The van der Waals surface area contributed by atoms with E-state index in [1.807, 2.05) is 23.5 Å². The lowest BCUT2D eigenvalue weighted by Gasteiger charge is -2.04. The van der Waals surface area contributed by atoms with E-state index in [1.165, 1.54) is 45.3 Å². The van der Waals surface area contributed by atoms with Gasteiger partial charge >= 0.3 is 0 Å². The monoisotopic (exact) mass is 330 g/mol. The summed E-state index contributed by atoms with van der Waals surface area (Å²) in [6.45, 7) is 4.41. The molecule has 2 rings (SSSR count). The van der Waals surface area contributed by atoms with Gasteiger partial charge in [-0.3, -0.25) is 0 Å². The van der Waals surface area contributed by atoms with Crippen LogP contribution in [0.3, 0.4) is 0 Å². The van der Waals surface area contributed by atoms with Crippen molar-refractivity contribution in [1.29, 1.82) is 0 Å². The summed E-state index contributed by atoms with van der Waals surface area (Å²) in [5.74, 6) is 2.45. The van der Waals surface area contributed by atoms with Crippen LogP contribution in [-0.2, 0) is 12.8 Å². The molecule has 0 saturated heterocycles. The molecule has 0 heterocycles. The lowest BCUT2D eigenvalue weighted by atomic mass is 10.2. The molecule has 0 saturated carbocycles. The first-order chi connectivity index (χ1) is 10.8. The quantitative estimate of drug-likeness (QED) is 0.381. The molecule has 0 bridgehead atoms. The van der Waals surface area contributed by atoms with Gasteiger partial charge < -0.3 is 0 Å². The van der Waals surface area contributed by atoms with Gasteiger partial charge in [-0.2, -0.15) is 0 Å². The topological polar surface area (TPSA) is 0 Å². The van der Waals surface area contributed by atoms with Crippen LogP contribution in [-0.4, -0.2) is 11.5 Å². The number of benzene rings is 2. The summed E-state index contributed by atoms with van der Waals surface area (Å²) in [5.41, 5.74) is 2.85. The smallest absolute Gasteiger partial charge is 0.00721 e. The summed E-state index contributed by atoms with van der Waals surface area (Å²) in [7, 11) is 0. The van der Waals surface area contributed by atoms with Gasteiger partial charge in [-0.15, -0.1) is 23.5 Å². The van der Waals surface area contributed by atoms with E-state index in [2.05, 4.69) is 62.4 Å². The molecule has 118 valence electrons. The van der Waals surface area contributed by atoms with E-state index in [9.17, 15) is 0 Å². The Morgan fingerprint density at radius 1 is 0.591 bits per heavy atom. The van der Waals surface area contributed by atoms with Gasteiger partial charge in [0.1, 0.15) is 0 Å². The van der Waals surface area contributed by atoms with Crippen LogP contribution in [0.5, 0.6) is 0 Å². The highest BCUT2D eigenvalue weighted by Crippen LogP contribution is 2.23. The predicted molar refractivity (Wildman–Crippen MR) is 102 cm³/mol. The zero-order valence-corrected chi connectivity index (χ0v) is 15.3. The van der Waals surface area contributed by atoms with Gasteiger partial charge in [0, 0.05) is 9.79 Å². The van der Waals surface area contributed by atoms with E-state index >= 15 is 0 Å². The molecule has 2 heteroatoms. The average molecular weight is 331 g/mol. The van der Waals surface area contributed by atoms with Crippen LogP contribution >= 0.6 is 23.5 Å². The van der Waals surface area contributed by atoms with Crippen molar-refractivity contribution in [3.63, 3.8) is 0 Å².